The molecule has 1 saturated heterocycles. The van der Waals surface area contributed by atoms with Crippen LogP contribution in [-0.4, -0.2) is 97.5 Å². The molecule has 6 atom stereocenters. The molecule has 0 aliphatic carbocycles. The van der Waals surface area contributed by atoms with E-state index in [-0.39, 0.29) is 19.6 Å². The van der Waals surface area contributed by atoms with Crippen LogP contribution >= 0.6 is 0 Å². The SMILES string of the molecule is CCCCCCCCCCCCCCCCCCCCC(=O)OC(COCCCCCCCCCC)COC1OC(CO)C(O)C(OS(=O)(=O)O)C1O. The molecule has 1 aliphatic rings. The van der Waals surface area contributed by atoms with Crippen molar-refractivity contribution in [1.29, 1.82) is 0 Å². The van der Waals surface area contributed by atoms with Crippen molar-refractivity contribution in [3.8, 4) is 0 Å². The maximum atomic E-state index is 12.8. The lowest BCUT2D eigenvalue weighted by Gasteiger charge is -2.41. The van der Waals surface area contributed by atoms with Crippen LogP contribution in [0.25, 0.3) is 0 Å². The first-order chi connectivity index (χ1) is 25.6. The third-order valence-corrected chi connectivity index (χ3v) is 10.4. The Morgan fingerprint density at radius 1 is 0.642 bits per heavy atom. The average Bonchev–Trinajstić information content (AvgIpc) is 3.12. The minimum Gasteiger partial charge on any atom is -0.457 e. The van der Waals surface area contributed by atoms with Crippen LogP contribution in [0.1, 0.15) is 187 Å². The quantitative estimate of drug-likeness (QED) is 0.0271. The van der Waals surface area contributed by atoms with Gasteiger partial charge in [-0.15, -0.1) is 0 Å². The van der Waals surface area contributed by atoms with E-state index in [4.69, 9.17) is 23.5 Å². The van der Waals surface area contributed by atoms with E-state index in [9.17, 15) is 28.5 Å². The normalized spacial score (nSPS) is 21.2. The lowest BCUT2D eigenvalue weighted by atomic mass is 9.99. The fourth-order valence-corrected chi connectivity index (χ4v) is 7.24. The van der Waals surface area contributed by atoms with Crippen LogP contribution in [0.4, 0.5) is 0 Å². The molecule has 0 amide bonds. The number of aliphatic hydroxyl groups is 3. The summed E-state index contributed by atoms with van der Waals surface area (Å²) in [5.74, 6) is -0.396. The van der Waals surface area contributed by atoms with Gasteiger partial charge in [0.15, 0.2) is 6.29 Å². The lowest BCUT2D eigenvalue weighted by molar-refractivity contribution is -0.301. The minimum atomic E-state index is -5.05. The van der Waals surface area contributed by atoms with E-state index in [0.717, 1.165) is 38.5 Å². The topological polar surface area (TPSA) is 178 Å². The zero-order valence-corrected chi connectivity index (χ0v) is 34.2. The Labute approximate surface area is 322 Å². The predicted octanol–water partition coefficient (Wildman–Crippen LogP) is 8.13. The monoisotopic (exact) mass is 783 g/mol. The van der Waals surface area contributed by atoms with Gasteiger partial charge in [-0.1, -0.05) is 168 Å². The Hall–Kier alpha value is -0.900. The smallest absolute Gasteiger partial charge is 0.397 e. The maximum absolute atomic E-state index is 12.8. The van der Waals surface area contributed by atoms with Crippen molar-refractivity contribution in [1.82, 2.24) is 0 Å². The van der Waals surface area contributed by atoms with Gasteiger partial charge in [0.25, 0.3) is 0 Å². The van der Waals surface area contributed by atoms with Crippen LogP contribution in [0.15, 0.2) is 0 Å². The second kappa shape index (κ2) is 33.3. The van der Waals surface area contributed by atoms with Gasteiger partial charge in [-0.2, -0.15) is 8.42 Å². The van der Waals surface area contributed by atoms with Crippen LogP contribution in [0.3, 0.4) is 0 Å². The number of unbranched alkanes of at least 4 members (excludes halogenated alkanes) is 24. The van der Waals surface area contributed by atoms with E-state index in [1.54, 1.807) is 0 Å². The molecule has 0 radical (unpaired) electrons. The van der Waals surface area contributed by atoms with Gasteiger partial charge < -0.3 is 34.3 Å². The van der Waals surface area contributed by atoms with Crippen molar-refractivity contribution in [3.05, 3.63) is 0 Å². The van der Waals surface area contributed by atoms with Crippen molar-refractivity contribution in [2.75, 3.05) is 26.4 Å². The van der Waals surface area contributed by atoms with Gasteiger partial charge in [-0.3, -0.25) is 9.35 Å². The van der Waals surface area contributed by atoms with Crippen LogP contribution in [0.5, 0.6) is 0 Å². The van der Waals surface area contributed by atoms with Gasteiger partial charge in [-0.05, 0) is 12.8 Å². The first-order valence-corrected chi connectivity index (χ1v) is 22.7. The fraction of sp³-hybridized carbons (Fsp3) is 0.975. The largest absolute Gasteiger partial charge is 0.457 e. The molecule has 316 valence electrons. The van der Waals surface area contributed by atoms with E-state index in [0.29, 0.717) is 13.0 Å². The number of hydrogen-bond acceptors (Lipinski definition) is 11. The highest BCUT2D eigenvalue weighted by Gasteiger charge is 2.48. The Morgan fingerprint density at radius 2 is 1.08 bits per heavy atom. The number of ether oxygens (including phenoxy) is 4. The van der Waals surface area contributed by atoms with Gasteiger partial charge >= 0.3 is 16.4 Å². The van der Waals surface area contributed by atoms with E-state index in [1.807, 2.05) is 0 Å². The molecule has 4 N–H and O–H groups in total. The minimum absolute atomic E-state index is 0.0428. The first-order valence-electron chi connectivity index (χ1n) is 21.3. The van der Waals surface area contributed by atoms with Crippen molar-refractivity contribution in [2.45, 2.75) is 224 Å². The Kier molecular flexibility index (Phi) is 31.5. The Morgan fingerprint density at radius 3 is 1.51 bits per heavy atom. The van der Waals surface area contributed by atoms with E-state index in [1.165, 1.54) is 122 Å². The molecule has 1 fully saturated rings. The van der Waals surface area contributed by atoms with Gasteiger partial charge in [-0.25, -0.2) is 4.18 Å². The molecule has 0 bridgehead atoms. The molecule has 0 aromatic carbocycles. The van der Waals surface area contributed by atoms with Crippen molar-refractivity contribution >= 4 is 16.4 Å². The number of aliphatic hydroxyl groups excluding tert-OH is 3. The van der Waals surface area contributed by atoms with Crippen LogP contribution in [0, 0.1) is 0 Å². The molecule has 0 aromatic heterocycles. The summed E-state index contributed by atoms with van der Waals surface area (Å²) >= 11 is 0. The molecule has 1 aliphatic heterocycles. The Bertz CT molecular complexity index is 952. The number of carbonyl (C=O) groups excluding carboxylic acids is 1. The molecule has 6 unspecified atom stereocenters. The number of esters is 1. The zero-order valence-electron chi connectivity index (χ0n) is 33.3. The molecule has 0 spiro atoms. The van der Waals surface area contributed by atoms with E-state index < -0.39 is 59.8 Å². The molecular formula is C40H78O12S. The van der Waals surface area contributed by atoms with Crippen LogP contribution in [-0.2, 0) is 38.3 Å². The fourth-order valence-electron chi connectivity index (χ4n) is 6.73. The summed E-state index contributed by atoms with van der Waals surface area (Å²) in [5, 5.41) is 30.5. The summed E-state index contributed by atoms with van der Waals surface area (Å²) < 4.78 is 58.8. The predicted molar refractivity (Wildman–Crippen MR) is 207 cm³/mol. The molecular weight excluding hydrogens is 704 g/mol. The van der Waals surface area contributed by atoms with Crippen molar-refractivity contribution in [2.24, 2.45) is 0 Å². The zero-order chi connectivity index (χ0) is 39.0. The third-order valence-electron chi connectivity index (χ3n) is 9.98. The maximum Gasteiger partial charge on any atom is 0.397 e. The van der Waals surface area contributed by atoms with Crippen molar-refractivity contribution in [3.63, 3.8) is 0 Å². The summed E-state index contributed by atoms with van der Waals surface area (Å²) in [7, 11) is -5.05. The molecule has 0 saturated carbocycles. The van der Waals surface area contributed by atoms with Gasteiger partial charge in [0, 0.05) is 13.0 Å². The van der Waals surface area contributed by atoms with Crippen molar-refractivity contribution < 1.29 is 56.2 Å². The second-order valence-electron chi connectivity index (χ2n) is 15.0. The number of hydrogen-bond donors (Lipinski definition) is 4. The summed E-state index contributed by atoms with van der Waals surface area (Å²) in [5.41, 5.74) is 0. The molecule has 1 rings (SSSR count). The third kappa shape index (κ3) is 27.4. The Balaban J connectivity index is 2.38. The van der Waals surface area contributed by atoms with E-state index in [2.05, 4.69) is 18.0 Å². The van der Waals surface area contributed by atoms with Gasteiger partial charge in [0.05, 0.1) is 19.8 Å². The van der Waals surface area contributed by atoms with Gasteiger partial charge in [0.2, 0.25) is 0 Å². The standard InChI is InChI=1S/C40H78O12S/c1-3-5-7-9-11-13-14-15-16-17-18-19-20-21-22-23-25-27-29-36(42)50-34(32-48-30-28-26-24-12-10-8-6-4-2)33-49-40-38(44)39(52-53(45,46)47)37(43)35(31-41)51-40/h34-35,37-41,43-44H,3-33H2,1-2H3,(H,45,46,47). The molecule has 1 heterocycles. The summed E-state index contributed by atoms with van der Waals surface area (Å²) in [6.45, 7) is 3.98. The summed E-state index contributed by atoms with van der Waals surface area (Å²) in [6, 6.07) is 0. The highest BCUT2D eigenvalue weighted by atomic mass is 32.3. The molecule has 53 heavy (non-hydrogen) atoms. The number of carbonyl (C=O) groups is 1. The van der Waals surface area contributed by atoms with Crippen LogP contribution < -0.4 is 0 Å². The number of rotatable bonds is 37. The van der Waals surface area contributed by atoms with E-state index >= 15 is 0 Å². The lowest BCUT2D eigenvalue weighted by Crippen LogP contribution is -2.60. The van der Waals surface area contributed by atoms with Crippen LogP contribution in [0.2, 0.25) is 0 Å². The highest BCUT2D eigenvalue weighted by Crippen LogP contribution is 2.26. The van der Waals surface area contributed by atoms with Gasteiger partial charge in [0.1, 0.15) is 30.5 Å². The highest BCUT2D eigenvalue weighted by molar-refractivity contribution is 7.80. The molecule has 12 nitrogen and oxygen atoms in total. The first kappa shape index (κ1) is 50.1. The average molecular weight is 783 g/mol. The summed E-state index contributed by atoms with van der Waals surface area (Å²) in [6.07, 6.45) is 23.0. The second-order valence-corrected chi connectivity index (χ2v) is 16.0. The molecule has 0 aromatic rings. The summed E-state index contributed by atoms with van der Waals surface area (Å²) in [4.78, 5) is 12.8. The molecule has 13 heteroatoms.